The Bertz CT molecular complexity index is 712. The highest BCUT2D eigenvalue weighted by Gasteiger charge is 2.59. The van der Waals surface area contributed by atoms with Gasteiger partial charge in [0.25, 0.3) is 0 Å². The van der Waals surface area contributed by atoms with Crippen LogP contribution in [0.15, 0.2) is 11.6 Å². The highest BCUT2D eigenvalue weighted by Crippen LogP contribution is 2.67. The molecular weight excluding hydrogens is 364 g/mol. The number of ether oxygens (including phenoxy) is 1. The summed E-state index contributed by atoms with van der Waals surface area (Å²) in [6, 6.07) is 0. The molecule has 162 valence electrons. The Hall–Kier alpha value is -1.16. The Labute approximate surface area is 175 Å². The van der Waals surface area contributed by atoms with E-state index in [1.54, 1.807) is 0 Å². The first kappa shape index (κ1) is 21.1. The van der Waals surface area contributed by atoms with Crippen molar-refractivity contribution in [2.75, 3.05) is 7.11 Å². The third-order valence-electron chi connectivity index (χ3n) is 9.76. The number of aliphatic hydroxyl groups is 1. The highest BCUT2D eigenvalue weighted by atomic mass is 16.5. The number of carbonyl (C=O) groups excluding carboxylic acids is 2. The highest BCUT2D eigenvalue weighted by molar-refractivity contribution is 6.33. The van der Waals surface area contributed by atoms with Gasteiger partial charge in [-0.2, -0.15) is 0 Å². The molecule has 0 spiro atoms. The van der Waals surface area contributed by atoms with Crippen molar-refractivity contribution < 1.29 is 19.4 Å². The van der Waals surface area contributed by atoms with E-state index in [2.05, 4.69) is 31.6 Å². The van der Waals surface area contributed by atoms with Gasteiger partial charge in [0.2, 0.25) is 5.78 Å². The molecule has 0 aliphatic heterocycles. The van der Waals surface area contributed by atoms with Crippen molar-refractivity contribution in [3.8, 4) is 0 Å². The van der Waals surface area contributed by atoms with Crippen LogP contribution >= 0.6 is 0 Å². The van der Waals surface area contributed by atoms with E-state index in [-0.39, 0.29) is 28.6 Å². The lowest BCUT2D eigenvalue weighted by Crippen LogP contribution is -2.50. The molecule has 4 rings (SSSR count). The minimum absolute atomic E-state index is 0.149. The average Bonchev–Trinajstić information content (AvgIpc) is 3.05. The molecular formula is C25H38O4. The Morgan fingerprint density at radius 1 is 1.17 bits per heavy atom. The van der Waals surface area contributed by atoms with E-state index in [9.17, 15) is 14.7 Å². The van der Waals surface area contributed by atoms with Crippen LogP contribution in [0.3, 0.4) is 0 Å². The fourth-order valence-electron chi connectivity index (χ4n) is 8.25. The van der Waals surface area contributed by atoms with Gasteiger partial charge in [-0.1, -0.05) is 32.4 Å². The number of esters is 1. The lowest BCUT2D eigenvalue weighted by Gasteiger charge is -2.58. The zero-order valence-corrected chi connectivity index (χ0v) is 18.6. The smallest absolute Gasteiger partial charge is 0.374 e. The van der Waals surface area contributed by atoms with Crippen molar-refractivity contribution >= 4 is 11.8 Å². The molecule has 0 heterocycles. The summed E-state index contributed by atoms with van der Waals surface area (Å²) in [5, 5.41) is 10.2. The van der Waals surface area contributed by atoms with Crippen molar-refractivity contribution in [3.63, 3.8) is 0 Å². The summed E-state index contributed by atoms with van der Waals surface area (Å²) < 4.78 is 4.63. The fourth-order valence-corrected chi connectivity index (χ4v) is 8.25. The summed E-state index contributed by atoms with van der Waals surface area (Å²) in [6.07, 6.45) is 11.6. The van der Waals surface area contributed by atoms with E-state index in [0.717, 1.165) is 37.5 Å². The first-order chi connectivity index (χ1) is 13.7. The maximum atomic E-state index is 12.2. The number of fused-ring (bicyclic) bond motifs is 5. The lowest BCUT2D eigenvalue weighted by atomic mass is 9.47. The molecule has 4 aliphatic rings. The maximum Gasteiger partial charge on any atom is 0.374 e. The van der Waals surface area contributed by atoms with Crippen molar-refractivity contribution in [1.29, 1.82) is 0 Å². The Kier molecular flexibility index (Phi) is 5.46. The van der Waals surface area contributed by atoms with Crippen LogP contribution in [0, 0.1) is 40.4 Å². The molecule has 3 fully saturated rings. The SMILES string of the molecule is COC(=O)C(=O)CC(C)C1CCC2C3CC=C4CC(O)CCC4(C)C3CCC12C. The topological polar surface area (TPSA) is 63.6 Å². The monoisotopic (exact) mass is 402 g/mol. The van der Waals surface area contributed by atoms with Gasteiger partial charge < -0.3 is 9.84 Å². The van der Waals surface area contributed by atoms with Crippen molar-refractivity contribution in [3.05, 3.63) is 11.6 Å². The molecule has 29 heavy (non-hydrogen) atoms. The predicted octanol–water partition coefficient (Wildman–Crippen LogP) is 4.69. The summed E-state index contributed by atoms with van der Waals surface area (Å²) in [5.74, 6) is 1.84. The van der Waals surface area contributed by atoms with Crippen LogP contribution in [0.4, 0.5) is 0 Å². The van der Waals surface area contributed by atoms with Crippen LogP contribution in [-0.4, -0.2) is 30.1 Å². The van der Waals surface area contributed by atoms with E-state index < -0.39 is 5.97 Å². The third-order valence-corrected chi connectivity index (χ3v) is 9.76. The number of rotatable bonds is 4. The zero-order chi connectivity index (χ0) is 21.0. The molecule has 4 heteroatoms. The van der Waals surface area contributed by atoms with Crippen molar-refractivity contribution in [2.45, 2.75) is 84.7 Å². The van der Waals surface area contributed by atoms with Crippen LogP contribution in [0.25, 0.3) is 0 Å². The number of hydrogen-bond donors (Lipinski definition) is 1. The summed E-state index contributed by atoms with van der Waals surface area (Å²) in [7, 11) is 1.29. The predicted molar refractivity (Wildman–Crippen MR) is 112 cm³/mol. The standard InChI is InChI=1S/C25H38O4/c1-15(13-22(27)23(28)29-4)19-7-8-20-18-6-5-16-14-17(26)9-11-24(16,2)21(18)10-12-25(19,20)3/h5,15,17-21,26H,6-14H2,1-4H3. The van der Waals surface area contributed by atoms with Crippen LogP contribution < -0.4 is 0 Å². The second kappa shape index (κ2) is 7.51. The number of hydrogen-bond acceptors (Lipinski definition) is 4. The molecule has 0 aromatic heterocycles. The quantitative estimate of drug-likeness (QED) is 0.421. The molecule has 0 bridgehead atoms. The summed E-state index contributed by atoms with van der Waals surface area (Å²) >= 11 is 0. The molecule has 3 saturated carbocycles. The van der Waals surface area contributed by atoms with Crippen LogP contribution in [0.5, 0.6) is 0 Å². The molecule has 0 aromatic rings. The van der Waals surface area contributed by atoms with Crippen molar-refractivity contribution in [2.24, 2.45) is 40.4 Å². The minimum atomic E-state index is -0.697. The average molecular weight is 403 g/mol. The second-order valence-corrected chi connectivity index (χ2v) is 11.0. The summed E-state index contributed by atoms with van der Waals surface area (Å²) in [5.41, 5.74) is 2.06. The summed E-state index contributed by atoms with van der Waals surface area (Å²) in [4.78, 5) is 23.8. The maximum absolute atomic E-state index is 12.2. The molecule has 4 nitrogen and oxygen atoms in total. The summed E-state index contributed by atoms with van der Waals surface area (Å²) in [6.45, 7) is 7.10. The van der Waals surface area contributed by atoms with E-state index in [4.69, 9.17) is 0 Å². The van der Waals surface area contributed by atoms with Gasteiger partial charge in [-0.15, -0.1) is 0 Å². The number of allylic oxidation sites excluding steroid dienone is 1. The van der Waals surface area contributed by atoms with Crippen LogP contribution in [0.2, 0.25) is 0 Å². The largest absolute Gasteiger partial charge is 0.463 e. The fraction of sp³-hybridized carbons (Fsp3) is 0.840. The second-order valence-electron chi connectivity index (χ2n) is 11.0. The molecule has 0 saturated heterocycles. The van der Waals surface area contributed by atoms with E-state index in [1.165, 1.54) is 38.4 Å². The van der Waals surface area contributed by atoms with Gasteiger partial charge in [-0.3, -0.25) is 4.79 Å². The van der Waals surface area contributed by atoms with Crippen molar-refractivity contribution in [1.82, 2.24) is 0 Å². The molecule has 8 unspecified atom stereocenters. The molecule has 0 aromatic carbocycles. The van der Waals surface area contributed by atoms with E-state index in [1.807, 2.05) is 0 Å². The lowest BCUT2D eigenvalue weighted by molar-refractivity contribution is -0.152. The number of Topliss-reactive ketones (excluding diaryl/α,β-unsaturated/α-hetero) is 1. The zero-order valence-electron chi connectivity index (χ0n) is 18.6. The minimum Gasteiger partial charge on any atom is -0.463 e. The van der Waals surface area contributed by atoms with E-state index >= 15 is 0 Å². The normalized spacial score (nSPS) is 44.7. The number of methoxy groups -OCH3 is 1. The molecule has 0 amide bonds. The van der Waals surface area contributed by atoms with Gasteiger partial charge in [0, 0.05) is 6.42 Å². The van der Waals surface area contributed by atoms with Crippen LogP contribution in [0.1, 0.15) is 78.6 Å². The van der Waals surface area contributed by atoms with Gasteiger partial charge in [-0.05, 0) is 91.8 Å². The van der Waals surface area contributed by atoms with Gasteiger partial charge in [0.05, 0.1) is 13.2 Å². The first-order valence-electron chi connectivity index (χ1n) is 11.7. The molecule has 4 aliphatic carbocycles. The van der Waals surface area contributed by atoms with Gasteiger partial charge in [0.1, 0.15) is 0 Å². The Balaban J connectivity index is 1.53. The van der Waals surface area contributed by atoms with E-state index in [0.29, 0.717) is 18.3 Å². The van der Waals surface area contributed by atoms with Gasteiger partial charge in [0.15, 0.2) is 0 Å². The molecule has 1 N–H and O–H groups in total. The van der Waals surface area contributed by atoms with Crippen LogP contribution in [-0.2, 0) is 14.3 Å². The van der Waals surface area contributed by atoms with Gasteiger partial charge in [-0.25, -0.2) is 4.79 Å². The molecule has 8 atom stereocenters. The number of carbonyl (C=O) groups is 2. The number of ketones is 1. The third kappa shape index (κ3) is 3.30. The number of aliphatic hydroxyl groups excluding tert-OH is 1. The first-order valence-corrected chi connectivity index (χ1v) is 11.7. The Morgan fingerprint density at radius 2 is 1.93 bits per heavy atom. The Morgan fingerprint density at radius 3 is 2.66 bits per heavy atom. The molecule has 0 radical (unpaired) electrons. The van der Waals surface area contributed by atoms with Gasteiger partial charge >= 0.3 is 5.97 Å².